The molecule has 4 heteroatoms. The van der Waals surface area contributed by atoms with E-state index in [1.54, 1.807) is 19.0 Å². The summed E-state index contributed by atoms with van der Waals surface area (Å²) >= 11 is 0. The fraction of sp³-hybridized carbons (Fsp3) is 0.583. The molecule has 16 heavy (non-hydrogen) atoms. The number of likely N-dealkylation sites (N-methyl/N-ethyl adjacent to an activating group) is 1. The normalized spacial score (nSPS) is 12.5. The highest BCUT2D eigenvalue weighted by Gasteiger charge is 2.14. The molecule has 1 amide bonds. The van der Waals surface area contributed by atoms with Gasteiger partial charge in [0.15, 0.2) is 0 Å². The lowest BCUT2D eigenvalue weighted by Crippen LogP contribution is -2.41. The van der Waals surface area contributed by atoms with E-state index in [-0.39, 0.29) is 11.9 Å². The predicted molar refractivity (Wildman–Crippen MR) is 63.1 cm³/mol. The highest BCUT2D eigenvalue weighted by atomic mass is 16.3. The molecule has 1 rings (SSSR count). The second-order valence-electron chi connectivity index (χ2n) is 4.06. The van der Waals surface area contributed by atoms with Crippen LogP contribution in [0.1, 0.15) is 25.4 Å². The third-order valence-corrected chi connectivity index (χ3v) is 2.46. The quantitative estimate of drug-likeness (QED) is 0.822. The Labute approximate surface area is 96.6 Å². The number of carbonyl (C=O) groups excluding carboxylic acids is 1. The van der Waals surface area contributed by atoms with Crippen molar-refractivity contribution in [2.24, 2.45) is 0 Å². The zero-order valence-corrected chi connectivity index (χ0v) is 10.4. The van der Waals surface area contributed by atoms with Gasteiger partial charge in [-0.2, -0.15) is 0 Å². The van der Waals surface area contributed by atoms with Crippen LogP contribution < -0.4 is 5.32 Å². The second-order valence-corrected chi connectivity index (χ2v) is 4.06. The van der Waals surface area contributed by atoms with Gasteiger partial charge in [-0.3, -0.25) is 10.1 Å². The van der Waals surface area contributed by atoms with Crippen LogP contribution in [0.2, 0.25) is 0 Å². The number of hydrogen-bond donors (Lipinski definition) is 1. The molecule has 0 aliphatic heterocycles. The first kappa shape index (κ1) is 12.8. The van der Waals surface area contributed by atoms with Crippen LogP contribution in [-0.4, -0.2) is 30.9 Å². The fourth-order valence-electron chi connectivity index (χ4n) is 1.44. The average Bonchev–Trinajstić information content (AvgIpc) is 2.72. The van der Waals surface area contributed by atoms with Crippen molar-refractivity contribution in [1.29, 1.82) is 0 Å². The zero-order valence-electron chi connectivity index (χ0n) is 10.4. The molecule has 4 nitrogen and oxygen atoms in total. The predicted octanol–water partition coefficient (Wildman–Crippen LogP) is 1.41. The number of rotatable bonds is 5. The molecule has 0 unspecified atom stereocenters. The summed E-state index contributed by atoms with van der Waals surface area (Å²) in [6.07, 6.45) is 0.895. The van der Waals surface area contributed by atoms with E-state index in [9.17, 15) is 4.79 Å². The van der Waals surface area contributed by atoms with Crippen LogP contribution in [0.3, 0.4) is 0 Å². The standard InChI is InChI=1S/C12H20N2O2/c1-5-10-6-7-11(16-10)8-13-9(2)12(15)14(3)4/h6-7,9,13H,5,8H2,1-4H3/t9-/m1/s1. The molecule has 0 radical (unpaired) electrons. The van der Waals surface area contributed by atoms with Crippen LogP contribution >= 0.6 is 0 Å². The molecule has 1 heterocycles. The van der Waals surface area contributed by atoms with Crippen molar-refractivity contribution in [1.82, 2.24) is 10.2 Å². The Morgan fingerprint density at radius 1 is 1.44 bits per heavy atom. The van der Waals surface area contributed by atoms with Crippen molar-refractivity contribution in [3.63, 3.8) is 0 Å². The van der Waals surface area contributed by atoms with E-state index in [1.807, 2.05) is 26.0 Å². The molecule has 0 bridgehead atoms. The number of hydrogen-bond acceptors (Lipinski definition) is 3. The third kappa shape index (κ3) is 3.38. The lowest BCUT2D eigenvalue weighted by molar-refractivity contribution is -0.130. The number of amides is 1. The summed E-state index contributed by atoms with van der Waals surface area (Å²) in [7, 11) is 3.51. The maximum atomic E-state index is 11.6. The Morgan fingerprint density at radius 2 is 2.06 bits per heavy atom. The van der Waals surface area contributed by atoms with Gasteiger partial charge in [-0.1, -0.05) is 6.92 Å². The first-order chi connectivity index (χ1) is 7.54. The third-order valence-electron chi connectivity index (χ3n) is 2.46. The van der Waals surface area contributed by atoms with E-state index in [0.717, 1.165) is 17.9 Å². The Hall–Kier alpha value is -1.29. The molecule has 0 aliphatic carbocycles. The minimum absolute atomic E-state index is 0.0715. The largest absolute Gasteiger partial charge is 0.465 e. The van der Waals surface area contributed by atoms with Crippen molar-refractivity contribution in [3.8, 4) is 0 Å². The second kappa shape index (κ2) is 5.70. The van der Waals surface area contributed by atoms with Crippen LogP contribution in [0.25, 0.3) is 0 Å². The van der Waals surface area contributed by atoms with Crippen molar-refractivity contribution < 1.29 is 9.21 Å². The topological polar surface area (TPSA) is 45.5 Å². The number of nitrogens with one attached hydrogen (secondary N) is 1. The molecule has 0 aliphatic rings. The molecule has 0 fully saturated rings. The molecule has 0 saturated carbocycles. The minimum atomic E-state index is -0.190. The summed E-state index contributed by atoms with van der Waals surface area (Å²) in [5.74, 6) is 1.92. The Balaban J connectivity index is 2.42. The van der Waals surface area contributed by atoms with Gasteiger partial charge in [-0.25, -0.2) is 0 Å². The molecular weight excluding hydrogens is 204 g/mol. The summed E-state index contributed by atoms with van der Waals surface area (Å²) in [6, 6.07) is 3.72. The lowest BCUT2D eigenvalue weighted by atomic mass is 10.3. The van der Waals surface area contributed by atoms with Gasteiger partial charge in [-0.15, -0.1) is 0 Å². The van der Waals surface area contributed by atoms with Gasteiger partial charge >= 0.3 is 0 Å². The van der Waals surface area contributed by atoms with E-state index < -0.39 is 0 Å². The maximum Gasteiger partial charge on any atom is 0.238 e. The van der Waals surface area contributed by atoms with E-state index in [1.165, 1.54) is 0 Å². The van der Waals surface area contributed by atoms with E-state index in [4.69, 9.17) is 4.42 Å². The number of carbonyl (C=O) groups is 1. The molecule has 1 aromatic heterocycles. The highest BCUT2D eigenvalue weighted by molar-refractivity contribution is 5.80. The van der Waals surface area contributed by atoms with Gasteiger partial charge in [0.2, 0.25) is 5.91 Å². The van der Waals surface area contributed by atoms with Gasteiger partial charge in [0, 0.05) is 20.5 Å². The summed E-state index contributed by atoms with van der Waals surface area (Å²) in [6.45, 7) is 4.49. The van der Waals surface area contributed by atoms with Gasteiger partial charge in [0.05, 0.1) is 12.6 Å². The zero-order chi connectivity index (χ0) is 12.1. The summed E-state index contributed by atoms with van der Waals surface area (Å²) < 4.78 is 5.54. The van der Waals surface area contributed by atoms with Crippen LogP contribution in [-0.2, 0) is 17.8 Å². The molecule has 90 valence electrons. The molecule has 1 N–H and O–H groups in total. The van der Waals surface area contributed by atoms with E-state index >= 15 is 0 Å². The molecule has 0 aromatic carbocycles. The minimum Gasteiger partial charge on any atom is -0.465 e. The molecule has 1 aromatic rings. The Bertz CT molecular complexity index is 345. The van der Waals surface area contributed by atoms with Crippen LogP contribution in [0.5, 0.6) is 0 Å². The number of aryl methyl sites for hydroxylation is 1. The molecule has 0 saturated heterocycles. The first-order valence-corrected chi connectivity index (χ1v) is 5.56. The fourth-order valence-corrected chi connectivity index (χ4v) is 1.44. The van der Waals surface area contributed by atoms with Crippen LogP contribution in [0.4, 0.5) is 0 Å². The maximum absolute atomic E-state index is 11.6. The van der Waals surface area contributed by atoms with Gasteiger partial charge in [-0.05, 0) is 19.1 Å². The monoisotopic (exact) mass is 224 g/mol. The van der Waals surface area contributed by atoms with Crippen molar-refractivity contribution >= 4 is 5.91 Å². The van der Waals surface area contributed by atoms with Crippen molar-refractivity contribution in [2.75, 3.05) is 14.1 Å². The summed E-state index contributed by atoms with van der Waals surface area (Å²) in [5.41, 5.74) is 0. The first-order valence-electron chi connectivity index (χ1n) is 5.56. The summed E-state index contributed by atoms with van der Waals surface area (Å²) in [4.78, 5) is 13.1. The number of nitrogens with zero attached hydrogens (tertiary/aromatic N) is 1. The highest BCUT2D eigenvalue weighted by Crippen LogP contribution is 2.08. The molecular formula is C12H20N2O2. The van der Waals surface area contributed by atoms with Crippen LogP contribution in [0.15, 0.2) is 16.5 Å². The Kier molecular flexibility index (Phi) is 4.55. The summed E-state index contributed by atoms with van der Waals surface area (Å²) in [5, 5.41) is 3.13. The SMILES string of the molecule is CCc1ccc(CN[C@H](C)C(=O)N(C)C)o1. The molecule has 1 atom stereocenters. The average molecular weight is 224 g/mol. The van der Waals surface area contributed by atoms with Gasteiger partial charge < -0.3 is 9.32 Å². The molecule has 0 spiro atoms. The van der Waals surface area contributed by atoms with Crippen molar-refractivity contribution in [2.45, 2.75) is 32.9 Å². The van der Waals surface area contributed by atoms with Gasteiger partial charge in [0.1, 0.15) is 11.5 Å². The Morgan fingerprint density at radius 3 is 2.56 bits per heavy atom. The lowest BCUT2D eigenvalue weighted by Gasteiger charge is -2.17. The number of furan rings is 1. The van der Waals surface area contributed by atoms with Crippen molar-refractivity contribution in [3.05, 3.63) is 23.7 Å². The van der Waals surface area contributed by atoms with Crippen LogP contribution in [0, 0.1) is 0 Å². The van der Waals surface area contributed by atoms with Gasteiger partial charge in [0.25, 0.3) is 0 Å². The van der Waals surface area contributed by atoms with E-state index in [0.29, 0.717) is 6.54 Å². The smallest absolute Gasteiger partial charge is 0.238 e. The van der Waals surface area contributed by atoms with E-state index in [2.05, 4.69) is 5.32 Å².